The van der Waals surface area contributed by atoms with E-state index in [9.17, 15) is 4.79 Å². The number of ether oxygens (including phenoxy) is 1. The highest BCUT2D eigenvalue weighted by Crippen LogP contribution is 2.21. The lowest BCUT2D eigenvalue weighted by Crippen LogP contribution is -2.18. The van der Waals surface area contributed by atoms with Crippen molar-refractivity contribution in [1.82, 2.24) is 25.5 Å². The van der Waals surface area contributed by atoms with Crippen molar-refractivity contribution >= 4 is 5.97 Å². The van der Waals surface area contributed by atoms with Gasteiger partial charge in [0.1, 0.15) is 5.75 Å². The molecule has 3 aromatic rings. The first-order chi connectivity index (χ1) is 12.6. The minimum absolute atomic E-state index is 0.354. The standard InChI is InChI=1S/C18H19N5O3/c1-23(11-15-6-2-3-8-16(15)26-12-17(24)25)10-13-5-4-7-14(9-13)18-19-21-22-20-18/h2-9H,10-12H2,1H3,(H,24,25)(H,19,20,21,22). The second-order valence-electron chi connectivity index (χ2n) is 5.90. The maximum atomic E-state index is 10.7. The number of carboxylic acid groups (broad SMARTS) is 1. The summed E-state index contributed by atoms with van der Waals surface area (Å²) in [4.78, 5) is 12.8. The molecular formula is C18H19N5O3. The molecule has 0 aliphatic heterocycles. The average Bonchev–Trinajstić information content (AvgIpc) is 3.16. The van der Waals surface area contributed by atoms with E-state index < -0.39 is 5.97 Å². The molecule has 8 heteroatoms. The second-order valence-corrected chi connectivity index (χ2v) is 5.90. The van der Waals surface area contributed by atoms with Gasteiger partial charge in [-0.15, -0.1) is 10.2 Å². The molecule has 1 aromatic heterocycles. The largest absolute Gasteiger partial charge is 0.482 e. The lowest BCUT2D eigenvalue weighted by atomic mass is 10.1. The number of benzene rings is 2. The molecule has 26 heavy (non-hydrogen) atoms. The Labute approximate surface area is 150 Å². The molecule has 0 fully saturated rings. The summed E-state index contributed by atoms with van der Waals surface area (Å²) in [6.45, 7) is 0.981. The van der Waals surface area contributed by atoms with Crippen molar-refractivity contribution in [2.75, 3.05) is 13.7 Å². The van der Waals surface area contributed by atoms with Crippen molar-refractivity contribution in [3.8, 4) is 17.1 Å². The fourth-order valence-electron chi connectivity index (χ4n) is 2.67. The Morgan fingerprint density at radius 3 is 2.81 bits per heavy atom. The molecule has 0 aliphatic rings. The zero-order valence-electron chi connectivity index (χ0n) is 14.3. The number of aromatic amines is 1. The number of hydrogen-bond donors (Lipinski definition) is 2. The first-order valence-corrected chi connectivity index (χ1v) is 8.05. The van der Waals surface area contributed by atoms with Crippen molar-refractivity contribution in [2.45, 2.75) is 13.1 Å². The Morgan fingerprint density at radius 2 is 2.04 bits per heavy atom. The SMILES string of the molecule is CN(Cc1cccc(-c2nn[nH]n2)c1)Cc1ccccc1OCC(=O)O. The maximum Gasteiger partial charge on any atom is 0.341 e. The average molecular weight is 353 g/mol. The molecule has 2 aromatic carbocycles. The first kappa shape index (κ1) is 17.6. The van der Waals surface area contributed by atoms with E-state index in [1.807, 2.05) is 49.5 Å². The Morgan fingerprint density at radius 1 is 1.19 bits per heavy atom. The van der Waals surface area contributed by atoms with E-state index in [1.165, 1.54) is 0 Å². The van der Waals surface area contributed by atoms with Crippen LogP contribution in [-0.4, -0.2) is 50.3 Å². The number of H-pyrrole nitrogens is 1. The number of para-hydroxylation sites is 1. The van der Waals surface area contributed by atoms with Gasteiger partial charge >= 0.3 is 5.97 Å². The first-order valence-electron chi connectivity index (χ1n) is 8.05. The van der Waals surface area contributed by atoms with Gasteiger partial charge in [0.05, 0.1) is 0 Å². The fraction of sp³-hybridized carbons (Fsp3) is 0.222. The molecule has 0 unspecified atom stereocenters. The summed E-state index contributed by atoms with van der Waals surface area (Å²) in [5, 5.41) is 22.8. The number of aliphatic carboxylic acids is 1. The van der Waals surface area contributed by atoms with Crippen LogP contribution in [0.5, 0.6) is 5.75 Å². The van der Waals surface area contributed by atoms with Gasteiger partial charge in [0, 0.05) is 24.2 Å². The van der Waals surface area contributed by atoms with Crippen LogP contribution in [-0.2, 0) is 17.9 Å². The van der Waals surface area contributed by atoms with E-state index >= 15 is 0 Å². The van der Waals surface area contributed by atoms with Gasteiger partial charge in [0.2, 0.25) is 5.82 Å². The zero-order valence-corrected chi connectivity index (χ0v) is 14.3. The van der Waals surface area contributed by atoms with E-state index in [0.717, 1.165) is 16.7 Å². The number of hydrogen-bond acceptors (Lipinski definition) is 6. The molecule has 0 atom stereocenters. The number of aromatic nitrogens is 4. The van der Waals surface area contributed by atoms with Crippen LogP contribution >= 0.6 is 0 Å². The number of carboxylic acids is 1. The molecule has 2 N–H and O–H groups in total. The van der Waals surface area contributed by atoms with Crippen molar-refractivity contribution in [3.63, 3.8) is 0 Å². The molecule has 1 heterocycles. The van der Waals surface area contributed by atoms with Gasteiger partial charge in [-0.05, 0) is 30.0 Å². The Hall–Kier alpha value is -3.26. The molecule has 0 spiro atoms. The number of carbonyl (C=O) groups is 1. The molecule has 0 saturated carbocycles. The number of nitrogens with zero attached hydrogens (tertiary/aromatic N) is 4. The van der Waals surface area contributed by atoms with Gasteiger partial charge in [0.15, 0.2) is 6.61 Å². The van der Waals surface area contributed by atoms with Crippen LogP contribution in [0.25, 0.3) is 11.4 Å². The van der Waals surface area contributed by atoms with Gasteiger partial charge in [-0.2, -0.15) is 5.21 Å². The molecular weight excluding hydrogens is 334 g/mol. The maximum absolute atomic E-state index is 10.7. The molecule has 3 rings (SSSR count). The summed E-state index contributed by atoms with van der Waals surface area (Å²) in [6.07, 6.45) is 0. The van der Waals surface area contributed by atoms with Crippen LogP contribution in [0.2, 0.25) is 0 Å². The summed E-state index contributed by atoms with van der Waals surface area (Å²) in [5.74, 6) is 0.149. The molecule has 8 nitrogen and oxygen atoms in total. The fourth-order valence-corrected chi connectivity index (χ4v) is 2.67. The van der Waals surface area contributed by atoms with Crippen LogP contribution in [0.1, 0.15) is 11.1 Å². The predicted octanol–water partition coefficient (Wildman–Crippen LogP) is 1.96. The minimum Gasteiger partial charge on any atom is -0.482 e. The van der Waals surface area contributed by atoms with Crippen LogP contribution < -0.4 is 4.74 Å². The summed E-state index contributed by atoms with van der Waals surface area (Å²) < 4.78 is 5.36. The van der Waals surface area contributed by atoms with Crippen LogP contribution in [0, 0.1) is 0 Å². The van der Waals surface area contributed by atoms with Gasteiger partial charge in [-0.1, -0.05) is 36.4 Å². The quantitative estimate of drug-likeness (QED) is 0.638. The third-order valence-electron chi connectivity index (χ3n) is 3.75. The smallest absolute Gasteiger partial charge is 0.341 e. The summed E-state index contributed by atoms with van der Waals surface area (Å²) in [5.41, 5.74) is 2.94. The number of rotatable bonds is 8. The molecule has 134 valence electrons. The third-order valence-corrected chi connectivity index (χ3v) is 3.75. The Kier molecular flexibility index (Phi) is 5.55. The minimum atomic E-state index is -0.994. The third kappa shape index (κ3) is 4.64. The summed E-state index contributed by atoms with van der Waals surface area (Å²) in [6, 6.07) is 15.4. The normalized spacial score (nSPS) is 10.8. The topological polar surface area (TPSA) is 104 Å². The molecule has 0 aliphatic carbocycles. The van der Waals surface area contributed by atoms with Crippen LogP contribution in [0.15, 0.2) is 48.5 Å². The molecule has 0 saturated heterocycles. The van der Waals surface area contributed by atoms with E-state index in [0.29, 0.717) is 24.7 Å². The Bertz CT molecular complexity index is 867. The van der Waals surface area contributed by atoms with Crippen molar-refractivity contribution in [3.05, 3.63) is 59.7 Å². The summed E-state index contributed by atoms with van der Waals surface area (Å²) in [7, 11) is 2.00. The second kappa shape index (κ2) is 8.21. The lowest BCUT2D eigenvalue weighted by Gasteiger charge is -2.19. The van der Waals surface area contributed by atoms with E-state index in [2.05, 4.69) is 25.5 Å². The van der Waals surface area contributed by atoms with Crippen LogP contribution in [0.3, 0.4) is 0 Å². The van der Waals surface area contributed by atoms with Gasteiger partial charge in [0.25, 0.3) is 0 Å². The van der Waals surface area contributed by atoms with Crippen molar-refractivity contribution in [1.29, 1.82) is 0 Å². The van der Waals surface area contributed by atoms with E-state index in [4.69, 9.17) is 9.84 Å². The van der Waals surface area contributed by atoms with Crippen molar-refractivity contribution < 1.29 is 14.6 Å². The van der Waals surface area contributed by atoms with Crippen molar-refractivity contribution in [2.24, 2.45) is 0 Å². The van der Waals surface area contributed by atoms with Gasteiger partial charge in [-0.3, -0.25) is 4.90 Å². The number of nitrogens with one attached hydrogen (secondary N) is 1. The van der Waals surface area contributed by atoms with E-state index in [1.54, 1.807) is 6.07 Å². The van der Waals surface area contributed by atoms with Gasteiger partial charge < -0.3 is 9.84 Å². The Balaban J connectivity index is 1.67. The summed E-state index contributed by atoms with van der Waals surface area (Å²) >= 11 is 0. The highest BCUT2D eigenvalue weighted by atomic mass is 16.5. The molecule has 0 amide bonds. The zero-order chi connectivity index (χ0) is 18.4. The highest BCUT2D eigenvalue weighted by molar-refractivity contribution is 5.68. The van der Waals surface area contributed by atoms with E-state index in [-0.39, 0.29) is 6.61 Å². The molecule has 0 radical (unpaired) electrons. The van der Waals surface area contributed by atoms with Gasteiger partial charge in [-0.25, -0.2) is 4.79 Å². The highest BCUT2D eigenvalue weighted by Gasteiger charge is 2.10. The van der Waals surface area contributed by atoms with Crippen LogP contribution in [0.4, 0.5) is 0 Å². The number of tetrazole rings is 1. The monoisotopic (exact) mass is 353 g/mol. The molecule has 0 bridgehead atoms. The predicted molar refractivity (Wildman–Crippen MR) is 94.4 cm³/mol. The lowest BCUT2D eigenvalue weighted by molar-refractivity contribution is -0.139.